The molecule has 2 rings (SSSR count). The molecule has 1 aromatic rings. The Morgan fingerprint density at radius 2 is 2.06 bits per heavy atom. The van der Waals surface area contributed by atoms with E-state index in [2.05, 4.69) is 17.2 Å². The quantitative estimate of drug-likeness (QED) is 0.635. The maximum atomic E-state index is 10.8. The number of hydrogen-bond donors (Lipinski definition) is 2. The standard InChI is InChI=1S/C12H18N4O2/c1-12(5-3-2-4-6-12)15-11-8-9(16(17)18)7-10(13)14-11/h7-8H,2-6H2,1H3,(H3,13,14,15). The second-order valence-corrected chi connectivity index (χ2v) is 5.14. The molecule has 1 aliphatic rings. The highest BCUT2D eigenvalue weighted by atomic mass is 16.6. The van der Waals surface area contributed by atoms with Gasteiger partial charge in [-0.05, 0) is 19.8 Å². The van der Waals surface area contributed by atoms with E-state index in [0.717, 1.165) is 12.8 Å². The first-order valence-electron chi connectivity index (χ1n) is 6.19. The van der Waals surface area contributed by atoms with E-state index in [1.165, 1.54) is 31.4 Å². The van der Waals surface area contributed by atoms with Crippen molar-refractivity contribution in [3.05, 3.63) is 22.2 Å². The molecule has 0 unspecified atom stereocenters. The highest BCUT2D eigenvalue weighted by molar-refractivity contribution is 5.53. The molecule has 1 saturated carbocycles. The number of pyridine rings is 1. The number of nitrogens with zero attached hydrogens (tertiary/aromatic N) is 2. The van der Waals surface area contributed by atoms with Crippen molar-refractivity contribution in [1.29, 1.82) is 0 Å². The largest absolute Gasteiger partial charge is 0.383 e. The monoisotopic (exact) mass is 250 g/mol. The Labute approximate surface area is 106 Å². The van der Waals surface area contributed by atoms with Crippen molar-refractivity contribution in [1.82, 2.24) is 4.98 Å². The molecule has 6 heteroatoms. The van der Waals surface area contributed by atoms with Crippen molar-refractivity contribution in [2.45, 2.75) is 44.6 Å². The molecule has 0 atom stereocenters. The summed E-state index contributed by atoms with van der Waals surface area (Å²) in [5.74, 6) is 0.664. The number of hydrogen-bond acceptors (Lipinski definition) is 5. The van der Waals surface area contributed by atoms with E-state index in [4.69, 9.17) is 5.73 Å². The first-order valence-corrected chi connectivity index (χ1v) is 6.19. The van der Waals surface area contributed by atoms with Crippen LogP contribution < -0.4 is 11.1 Å². The summed E-state index contributed by atoms with van der Waals surface area (Å²) in [6.45, 7) is 2.13. The molecule has 1 fully saturated rings. The number of rotatable bonds is 3. The van der Waals surface area contributed by atoms with Crippen LogP contribution in [0.2, 0.25) is 0 Å². The number of aromatic nitrogens is 1. The molecule has 0 saturated heterocycles. The normalized spacial score (nSPS) is 18.3. The van der Waals surface area contributed by atoms with Gasteiger partial charge in [-0.15, -0.1) is 0 Å². The Morgan fingerprint density at radius 1 is 1.39 bits per heavy atom. The summed E-state index contributed by atoms with van der Waals surface area (Å²) in [5, 5.41) is 14.1. The summed E-state index contributed by atoms with van der Waals surface area (Å²) in [7, 11) is 0. The SMILES string of the molecule is CC1(Nc2cc([N+](=O)[O-])cc(N)n2)CCCCC1. The van der Waals surface area contributed by atoms with Gasteiger partial charge in [0.25, 0.3) is 5.69 Å². The zero-order chi connectivity index (χ0) is 13.2. The van der Waals surface area contributed by atoms with Gasteiger partial charge in [0.1, 0.15) is 11.6 Å². The average molecular weight is 250 g/mol. The highest BCUT2D eigenvalue weighted by Gasteiger charge is 2.27. The van der Waals surface area contributed by atoms with Crippen molar-refractivity contribution in [3.63, 3.8) is 0 Å². The number of anilines is 2. The van der Waals surface area contributed by atoms with E-state index in [1.54, 1.807) is 0 Å². The lowest BCUT2D eigenvalue weighted by Gasteiger charge is -2.35. The minimum atomic E-state index is -0.452. The molecule has 1 aliphatic carbocycles. The van der Waals surface area contributed by atoms with Crippen LogP contribution >= 0.6 is 0 Å². The van der Waals surface area contributed by atoms with Gasteiger partial charge in [0.15, 0.2) is 0 Å². The lowest BCUT2D eigenvalue weighted by atomic mass is 9.83. The van der Waals surface area contributed by atoms with E-state index in [9.17, 15) is 10.1 Å². The Balaban J connectivity index is 2.20. The minimum absolute atomic E-state index is 0.0237. The predicted octanol–water partition coefficient (Wildman–Crippen LogP) is 2.71. The van der Waals surface area contributed by atoms with Crippen molar-refractivity contribution in [2.24, 2.45) is 0 Å². The third-order valence-corrected chi connectivity index (χ3v) is 3.43. The number of nitrogens with one attached hydrogen (secondary N) is 1. The van der Waals surface area contributed by atoms with Crippen LogP contribution in [-0.4, -0.2) is 15.4 Å². The fourth-order valence-corrected chi connectivity index (χ4v) is 2.47. The Kier molecular flexibility index (Phi) is 3.36. The van der Waals surface area contributed by atoms with Crippen LogP contribution in [0.4, 0.5) is 17.3 Å². The summed E-state index contributed by atoms with van der Waals surface area (Å²) in [6, 6.07) is 2.71. The molecule has 1 aromatic heterocycles. The first-order chi connectivity index (χ1) is 8.48. The molecule has 18 heavy (non-hydrogen) atoms. The molecule has 0 bridgehead atoms. The van der Waals surface area contributed by atoms with Gasteiger partial charge >= 0.3 is 0 Å². The molecule has 0 aromatic carbocycles. The van der Waals surface area contributed by atoms with E-state index in [0.29, 0.717) is 5.82 Å². The zero-order valence-electron chi connectivity index (χ0n) is 10.5. The third-order valence-electron chi connectivity index (χ3n) is 3.43. The van der Waals surface area contributed by atoms with Crippen molar-refractivity contribution in [3.8, 4) is 0 Å². The van der Waals surface area contributed by atoms with Crippen LogP contribution in [0.3, 0.4) is 0 Å². The summed E-state index contributed by atoms with van der Waals surface area (Å²) in [4.78, 5) is 14.4. The van der Waals surface area contributed by atoms with Gasteiger partial charge in [-0.1, -0.05) is 19.3 Å². The lowest BCUT2D eigenvalue weighted by molar-refractivity contribution is -0.384. The van der Waals surface area contributed by atoms with Crippen LogP contribution in [0.5, 0.6) is 0 Å². The van der Waals surface area contributed by atoms with Gasteiger partial charge in [0.2, 0.25) is 0 Å². The molecule has 98 valence electrons. The lowest BCUT2D eigenvalue weighted by Crippen LogP contribution is -2.37. The second kappa shape index (κ2) is 4.80. The molecule has 6 nitrogen and oxygen atoms in total. The van der Waals surface area contributed by atoms with Gasteiger partial charge < -0.3 is 11.1 Å². The van der Waals surface area contributed by atoms with E-state index in [-0.39, 0.29) is 17.0 Å². The number of nitrogen functional groups attached to an aromatic ring is 1. The van der Waals surface area contributed by atoms with E-state index in [1.807, 2.05) is 0 Å². The van der Waals surface area contributed by atoms with Gasteiger partial charge in [-0.25, -0.2) is 4.98 Å². The number of nitro groups is 1. The van der Waals surface area contributed by atoms with Crippen LogP contribution in [0.15, 0.2) is 12.1 Å². The topological polar surface area (TPSA) is 94.1 Å². The highest BCUT2D eigenvalue weighted by Crippen LogP contribution is 2.31. The molecule has 3 N–H and O–H groups in total. The summed E-state index contributed by atoms with van der Waals surface area (Å²) in [6.07, 6.45) is 5.71. The van der Waals surface area contributed by atoms with Crippen LogP contribution in [0.25, 0.3) is 0 Å². The first kappa shape index (κ1) is 12.6. The van der Waals surface area contributed by atoms with Crippen molar-refractivity contribution >= 4 is 17.3 Å². The summed E-state index contributed by atoms with van der Waals surface area (Å²) < 4.78 is 0. The Hall–Kier alpha value is -1.85. The predicted molar refractivity (Wildman–Crippen MR) is 70.4 cm³/mol. The zero-order valence-corrected chi connectivity index (χ0v) is 10.5. The minimum Gasteiger partial charge on any atom is -0.383 e. The van der Waals surface area contributed by atoms with Crippen LogP contribution in [0.1, 0.15) is 39.0 Å². The molecular weight excluding hydrogens is 232 g/mol. The fraction of sp³-hybridized carbons (Fsp3) is 0.583. The van der Waals surface area contributed by atoms with Crippen molar-refractivity contribution in [2.75, 3.05) is 11.1 Å². The van der Waals surface area contributed by atoms with Gasteiger partial charge in [-0.3, -0.25) is 10.1 Å². The fourth-order valence-electron chi connectivity index (χ4n) is 2.47. The number of nitrogens with two attached hydrogens (primary N) is 1. The van der Waals surface area contributed by atoms with Crippen LogP contribution in [0, 0.1) is 10.1 Å². The summed E-state index contributed by atoms with van der Waals surface area (Å²) in [5.41, 5.74) is 5.53. The molecule has 0 amide bonds. The van der Waals surface area contributed by atoms with Crippen molar-refractivity contribution < 1.29 is 4.92 Å². The van der Waals surface area contributed by atoms with Gasteiger partial charge in [0.05, 0.1) is 17.1 Å². The Bertz CT molecular complexity index is 455. The van der Waals surface area contributed by atoms with Gasteiger partial charge in [0, 0.05) is 5.54 Å². The molecular formula is C12H18N4O2. The molecule has 0 radical (unpaired) electrons. The van der Waals surface area contributed by atoms with Crippen LogP contribution in [-0.2, 0) is 0 Å². The third kappa shape index (κ3) is 2.88. The maximum absolute atomic E-state index is 10.8. The van der Waals surface area contributed by atoms with E-state index < -0.39 is 4.92 Å². The second-order valence-electron chi connectivity index (χ2n) is 5.14. The molecule has 0 spiro atoms. The van der Waals surface area contributed by atoms with E-state index >= 15 is 0 Å². The summed E-state index contributed by atoms with van der Waals surface area (Å²) >= 11 is 0. The Morgan fingerprint density at radius 3 is 2.67 bits per heavy atom. The van der Waals surface area contributed by atoms with Gasteiger partial charge in [-0.2, -0.15) is 0 Å². The molecule has 1 heterocycles. The molecule has 0 aliphatic heterocycles. The maximum Gasteiger partial charge on any atom is 0.276 e. The smallest absolute Gasteiger partial charge is 0.276 e. The average Bonchev–Trinajstić information content (AvgIpc) is 2.28.